The van der Waals surface area contributed by atoms with Crippen molar-refractivity contribution in [3.05, 3.63) is 45.9 Å². The van der Waals surface area contributed by atoms with Crippen LogP contribution in [0.25, 0.3) is 0 Å². The molecule has 0 N–H and O–H groups in total. The lowest BCUT2D eigenvalue weighted by atomic mass is 10.1. The Labute approximate surface area is 108 Å². The number of hydrogen-bond donors (Lipinski definition) is 0. The monoisotopic (exact) mass is 258 g/mol. The van der Waals surface area contributed by atoms with Gasteiger partial charge in [-0.3, -0.25) is 14.5 Å². The van der Waals surface area contributed by atoms with E-state index in [-0.39, 0.29) is 0 Å². The molecule has 0 bridgehead atoms. The number of carbonyl (C=O) groups is 2. The molecule has 1 amide bonds. The van der Waals surface area contributed by atoms with Crippen LogP contribution in [0.3, 0.4) is 0 Å². The lowest BCUT2D eigenvalue weighted by Gasteiger charge is -2.14. The summed E-state index contributed by atoms with van der Waals surface area (Å²) < 4.78 is 0. The first-order chi connectivity index (χ1) is 8.66. The highest BCUT2D eigenvalue weighted by atomic mass is 32.1. The molecule has 2 heterocycles. The Hall–Kier alpha value is -2.01. The number of benzene rings is 1. The maximum Gasteiger partial charge on any atom is 0.299 e. The van der Waals surface area contributed by atoms with Crippen LogP contribution in [-0.2, 0) is 11.3 Å². The first-order valence-electron chi connectivity index (χ1n) is 5.53. The van der Waals surface area contributed by atoms with E-state index in [1.54, 1.807) is 24.4 Å². The Balaban J connectivity index is 1.98. The number of para-hydroxylation sites is 1. The molecule has 90 valence electrons. The van der Waals surface area contributed by atoms with E-state index in [1.165, 1.54) is 16.2 Å². The Morgan fingerprint density at radius 2 is 2.06 bits per heavy atom. The maximum atomic E-state index is 11.9. The van der Waals surface area contributed by atoms with E-state index in [0.717, 1.165) is 9.88 Å². The Morgan fingerprint density at radius 3 is 2.78 bits per heavy atom. The normalized spacial score (nSPS) is 14.2. The summed E-state index contributed by atoms with van der Waals surface area (Å²) in [6.07, 6.45) is 1.75. The summed E-state index contributed by atoms with van der Waals surface area (Å²) in [5.41, 5.74) is 1.18. The Morgan fingerprint density at radius 1 is 1.28 bits per heavy atom. The van der Waals surface area contributed by atoms with Crippen molar-refractivity contribution < 1.29 is 9.59 Å². The SMILES string of the molecule is Cc1ncc(CN2C(=O)C(=O)c3ccccc32)s1. The third kappa shape index (κ3) is 1.64. The van der Waals surface area contributed by atoms with Gasteiger partial charge in [-0.15, -0.1) is 11.3 Å². The molecule has 0 aliphatic carbocycles. The molecule has 5 heteroatoms. The maximum absolute atomic E-state index is 11.9. The number of carbonyl (C=O) groups excluding carboxylic acids is 2. The van der Waals surface area contributed by atoms with Crippen molar-refractivity contribution in [1.82, 2.24) is 4.98 Å². The summed E-state index contributed by atoms with van der Waals surface area (Å²) in [6, 6.07) is 7.08. The van der Waals surface area contributed by atoms with E-state index in [2.05, 4.69) is 4.98 Å². The molecule has 3 rings (SSSR count). The number of nitrogens with zero attached hydrogens (tertiary/aromatic N) is 2. The molecular formula is C13H10N2O2S. The number of thiazole rings is 1. The van der Waals surface area contributed by atoms with Crippen molar-refractivity contribution in [2.75, 3.05) is 4.90 Å². The number of anilines is 1. The minimum absolute atomic E-state index is 0.410. The zero-order chi connectivity index (χ0) is 12.7. The van der Waals surface area contributed by atoms with Crippen molar-refractivity contribution >= 4 is 28.7 Å². The van der Waals surface area contributed by atoms with Gasteiger partial charge in [-0.05, 0) is 19.1 Å². The second-order valence-electron chi connectivity index (χ2n) is 4.08. The van der Waals surface area contributed by atoms with Gasteiger partial charge in [0.25, 0.3) is 11.7 Å². The molecule has 0 atom stereocenters. The smallest absolute Gasteiger partial charge is 0.299 e. The minimum Gasteiger partial charge on any atom is -0.299 e. The van der Waals surface area contributed by atoms with Crippen LogP contribution in [0.5, 0.6) is 0 Å². The van der Waals surface area contributed by atoms with Crippen LogP contribution >= 0.6 is 11.3 Å². The molecule has 0 saturated heterocycles. The van der Waals surface area contributed by atoms with Gasteiger partial charge in [0.2, 0.25) is 0 Å². The highest BCUT2D eigenvalue weighted by Gasteiger charge is 2.35. The van der Waals surface area contributed by atoms with Crippen LogP contribution in [0.4, 0.5) is 5.69 Å². The summed E-state index contributed by atoms with van der Waals surface area (Å²) in [6.45, 7) is 2.33. The van der Waals surface area contributed by atoms with Crippen molar-refractivity contribution in [1.29, 1.82) is 0 Å². The molecule has 1 aromatic carbocycles. The van der Waals surface area contributed by atoms with Gasteiger partial charge in [0.1, 0.15) is 0 Å². The second kappa shape index (κ2) is 4.03. The van der Waals surface area contributed by atoms with Crippen LogP contribution in [0, 0.1) is 6.92 Å². The standard InChI is InChI=1S/C13H10N2O2S/c1-8-14-6-9(18-8)7-15-11-5-3-2-4-10(11)12(16)13(15)17/h2-6H,7H2,1H3. The van der Waals surface area contributed by atoms with Gasteiger partial charge in [-0.2, -0.15) is 0 Å². The number of hydrogen-bond acceptors (Lipinski definition) is 4. The van der Waals surface area contributed by atoms with Crippen LogP contribution in [0.2, 0.25) is 0 Å². The number of aryl methyl sites for hydroxylation is 1. The first-order valence-corrected chi connectivity index (χ1v) is 6.35. The lowest BCUT2D eigenvalue weighted by Crippen LogP contribution is -2.28. The van der Waals surface area contributed by atoms with Gasteiger partial charge in [-0.1, -0.05) is 12.1 Å². The van der Waals surface area contributed by atoms with Gasteiger partial charge < -0.3 is 0 Å². The molecule has 0 fully saturated rings. The van der Waals surface area contributed by atoms with Gasteiger partial charge in [0, 0.05) is 11.1 Å². The molecule has 0 spiro atoms. The third-order valence-electron chi connectivity index (χ3n) is 2.86. The Bertz CT molecular complexity index is 648. The molecular weight excluding hydrogens is 248 g/mol. The Kier molecular flexibility index (Phi) is 2.48. The predicted octanol–water partition coefficient (Wildman–Crippen LogP) is 2.18. The van der Waals surface area contributed by atoms with Crippen LogP contribution in [0.1, 0.15) is 20.2 Å². The van der Waals surface area contributed by atoms with Gasteiger partial charge in [0.05, 0.1) is 22.8 Å². The van der Waals surface area contributed by atoms with Crippen LogP contribution in [-0.4, -0.2) is 16.7 Å². The fraction of sp³-hybridized carbons (Fsp3) is 0.154. The summed E-state index contributed by atoms with van der Waals surface area (Å²) in [7, 11) is 0. The molecule has 1 aromatic heterocycles. The van der Waals surface area contributed by atoms with Crippen LogP contribution in [0.15, 0.2) is 30.5 Å². The summed E-state index contributed by atoms with van der Waals surface area (Å²) in [4.78, 5) is 30.4. The molecule has 18 heavy (non-hydrogen) atoms. The third-order valence-corrected chi connectivity index (χ3v) is 3.76. The van der Waals surface area contributed by atoms with E-state index in [4.69, 9.17) is 0 Å². The quantitative estimate of drug-likeness (QED) is 0.776. The van der Waals surface area contributed by atoms with E-state index in [1.807, 2.05) is 13.0 Å². The van der Waals surface area contributed by atoms with Gasteiger partial charge in [-0.25, -0.2) is 4.98 Å². The molecule has 0 radical (unpaired) electrons. The first kappa shape index (κ1) is 11.1. The van der Waals surface area contributed by atoms with Gasteiger partial charge in [0.15, 0.2) is 0 Å². The number of amides is 1. The average Bonchev–Trinajstić information content (AvgIpc) is 2.88. The van der Waals surface area contributed by atoms with Crippen molar-refractivity contribution in [3.63, 3.8) is 0 Å². The summed E-state index contributed by atoms with van der Waals surface area (Å²) in [5.74, 6) is -0.880. The molecule has 0 unspecified atom stereocenters. The van der Waals surface area contributed by atoms with Crippen molar-refractivity contribution in [2.24, 2.45) is 0 Å². The molecule has 1 aliphatic heterocycles. The summed E-state index contributed by atoms with van der Waals surface area (Å²) in [5, 5.41) is 0.955. The highest BCUT2D eigenvalue weighted by Crippen LogP contribution is 2.30. The van der Waals surface area contributed by atoms with Crippen molar-refractivity contribution in [3.8, 4) is 0 Å². The van der Waals surface area contributed by atoms with Crippen LogP contribution < -0.4 is 4.90 Å². The fourth-order valence-electron chi connectivity index (χ4n) is 2.04. The summed E-state index contributed by atoms with van der Waals surface area (Å²) >= 11 is 1.54. The lowest BCUT2D eigenvalue weighted by molar-refractivity contribution is -0.114. The predicted molar refractivity (Wildman–Crippen MR) is 68.8 cm³/mol. The highest BCUT2D eigenvalue weighted by molar-refractivity contribution is 7.11. The van der Waals surface area contributed by atoms with Crippen molar-refractivity contribution in [2.45, 2.75) is 13.5 Å². The second-order valence-corrected chi connectivity index (χ2v) is 5.40. The largest absolute Gasteiger partial charge is 0.299 e. The number of aromatic nitrogens is 1. The number of Topliss-reactive ketones (excluding diaryl/α,β-unsaturated/α-hetero) is 1. The zero-order valence-electron chi connectivity index (χ0n) is 9.71. The molecule has 1 aliphatic rings. The number of rotatable bonds is 2. The number of ketones is 1. The fourth-order valence-corrected chi connectivity index (χ4v) is 2.82. The van der Waals surface area contributed by atoms with E-state index >= 15 is 0 Å². The molecule has 4 nitrogen and oxygen atoms in total. The topological polar surface area (TPSA) is 50.3 Å². The van der Waals surface area contributed by atoms with E-state index in [9.17, 15) is 9.59 Å². The average molecular weight is 258 g/mol. The van der Waals surface area contributed by atoms with E-state index < -0.39 is 11.7 Å². The molecule has 0 saturated carbocycles. The van der Waals surface area contributed by atoms with E-state index in [0.29, 0.717) is 17.8 Å². The molecule has 2 aromatic rings. The van der Waals surface area contributed by atoms with Gasteiger partial charge >= 0.3 is 0 Å². The minimum atomic E-state index is -0.456. The zero-order valence-corrected chi connectivity index (χ0v) is 10.5. The number of fused-ring (bicyclic) bond motifs is 1.